The smallest absolute Gasteiger partial charge is 0.184 e. The zero-order chi connectivity index (χ0) is 12.1. The Kier molecular flexibility index (Phi) is 4.51. The van der Waals surface area contributed by atoms with Crippen LogP contribution in [0.3, 0.4) is 0 Å². The van der Waals surface area contributed by atoms with Gasteiger partial charge in [-0.2, -0.15) is 5.10 Å². The highest BCUT2D eigenvalue weighted by Gasteiger charge is 2.08. The highest BCUT2D eigenvalue weighted by atomic mass is 79.9. The first-order chi connectivity index (χ1) is 7.56. The number of ether oxygens (including phenoxy) is 1. The lowest BCUT2D eigenvalue weighted by Gasteiger charge is -2.06. The molecule has 0 aliphatic rings. The van der Waals surface area contributed by atoms with Gasteiger partial charge in [0.25, 0.3) is 0 Å². The molecule has 0 atom stereocenters. The minimum Gasteiger partial charge on any atom is -0.503 e. The Labute approximate surface area is 106 Å². The summed E-state index contributed by atoms with van der Waals surface area (Å²) in [4.78, 5) is 0. The molecule has 0 saturated carbocycles. The van der Waals surface area contributed by atoms with Crippen LogP contribution in [0.1, 0.15) is 5.56 Å². The number of nitrogens with one attached hydrogen (secondary N) is 1. The van der Waals surface area contributed by atoms with Crippen molar-refractivity contribution in [1.82, 2.24) is 5.43 Å². The van der Waals surface area contributed by atoms with Crippen molar-refractivity contribution in [2.75, 3.05) is 7.11 Å². The first-order valence-electron chi connectivity index (χ1n) is 4.20. The third kappa shape index (κ3) is 3.07. The normalized spacial score (nSPS) is 10.4. The molecule has 0 fully saturated rings. The second-order valence-electron chi connectivity index (χ2n) is 2.75. The van der Waals surface area contributed by atoms with Gasteiger partial charge in [-0.1, -0.05) is 0 Å². The first kappa shape index (κ1) is 12.7. The second kappa shape index (κ2) is 5.66. The number of benzene rings is 1. The molecule has 0 unspecified atom stereocenters. The van der Waals surface area contributed by atoms with Crippen molar-refractivity contribution in [2.45, 2.75) is 0 Å². The molecule has 0 radical (unpaired) electrons. The lowest BCUT2D eigenvalue weighted by molar-refractivity contribution is 0.372. The van der Waals surface area contributed by atoms with Crippen LogP contribution in [-0.4, -0.2) is 23.5 Å². The molecule has 1 aromatic carbocycles. The van der Waals surface area contributed by atoms with E-state index in [9.17, 15) is 5.11 Å². The summed E-state index contributed by atoms with van der Waals surface area (Å²) in [6, 6.07) is 3.36. The number of nitrogens with zero attached hydrogens (tertiary/aromatic N) is 1. The Morgan fingerprint density at radius 3 is 2.94 bits per heavy atom. The van der Waals surface area contributed by atoms with Gasteiger partial charge in [0.2, 0.25) is 0 Å². The average molecular weight is 304 g/mol. The van der Waals surface area contributed by atoms with Crippen molar-refractivity contribution in [3.63, 3.8) is 0 Å². The lowest BCUT2D eigenvalue weighted by atomic mass is 10.2. The summed E-state index contributed by atoms with van der Waals surface area (Å²) in [5, 5.41) is 13.5. The van der Waals surface area contributed by atoms with Gasteiger partial charge < -0.3 is 15.6 Å². The number of phenolic OH excluding ortho intramolecular Hbond substituents is 1. The van der Waals surface area contributed by atoms with Crippen molar-refractivity contribution in [1.29, 1.82) is 0 Å². The predicted molar refractivity (Wildman–Crippen MR) is 69.9 cm³/mol. The van der Waals surface area contributed by atoms with E-state index in [4.69, 9.17) is 10.5 Å². The standard InChI is InChI=1S/C9H10BrN3O2S/c1-15-6-3-2-5(7(10)8(6)14)4-12-13-9(11)16/h2-4,14H,1H3,(H3,11,13,16)/b12-4+. The van der Waals surface area contributed by atoms with Crippen molar-refractivity contribution in [3.8, 4) is 11.5 Å². The summed E-state index contributed by atoms with van der Waals surface area (Å²) in [5.74, 6) is 0.396. The Bertz CT molecular complexity index is 437. The van der Waals surface area contributed by atoms with Crippen molar-refractivity contribution < 1.29 is 9.84 Å². The van der Waals surface area contributed by atoms with Crippen LogP contribution in [0.4, 0.5) is 0 Å². The van der Waals surface area contributed by atoms with E-state index in [0.717, 1.165) is 0 Å². The minimum absolute atomic E-state index is 0.0155. The number of methoxy groups -OCH3 is 1. The minimum atomic E-state index is 0.0155. The van der Waals surface area contributed by atoms with Gasteiger partial charge in [0, 0.05) is 5.56 Å². The summed E-state index contributed by atoms with van der Waals surface area (Å²) >= 11 is 7.81. The molecule has 4 N–H and O–H groups in total. The Hall–Kier alpha value is -1.34. The SMILES string of the molecule is COc1ccc(/C=N/NC(N)=S)c(Br)c1O. The molecule has 16 heavy (non-hydrogen) atoms. The highest BCUT2D eigenvalue weighted by molar-refractivity contribution is 9.10. The number of halogens is 1. The van der Waals surface area contributed by atoms with Gasteiger partial charge in [0.05, 0.1) is 17.8 Å². The number of phenols is 1. The van der Waals surface area contributed by atoms with E-state index >= 15 is 0 Å². The van der Waals surface area contributed by atoms with Crippen molar-refractivity contribution in [2.24, 2.45) is 10.8 Å². The second-order valence-corrected chi connectivity index (χ2v) is 3.99. The van der Waals surface area contributed by atoms with Crippen LogP contribution >= 0.6 is 28.1 Å². The van der Waals surface area contributed by atoms with Gasteiger partial charge in [-0.3, -0.25) is 5.43 Å². The largest absolute Gasteiger partial charge is 0.503 e. The van der Waals surface area contributed by atoms with E-state index in [0.29, 0.717) is 15.8 Å². The molecule has 0 aromatic heterocycles. The van der Waals surface area contributed by atoms with E-state index in [1.807, 2.05) is 0 Å². The molecule has 0 spiro atoms. The third-order valence-electron chi connectivity index (χ3n) is 1.71. The number of hydrogen-bond donors (Lipinski definition) is 3. The van der Waals surface area contributed by atoms with Crippen LogP contribution in [0.2, 0.25) is 0 Å². The fraction of sp³-hybridized carbons (Fsp3) is 0.111. The fourth-order valence-corrected chi connectivity index (χ4v) is 1.47. The maximum absolute atomic E-state index is 9.68. The summed E-state index contributed by atoms with van der Waals surface area (Å²) in [5.41, 5.74) is 8.28. The Balaban J connectivity index is 2.94. The molecule has 0 amide bonds. The molecule has 7 heteroatoms. The summed E-state index contributed by atoms with van der Waals surface area (Å²) in [6.45, 7) is 0. The molecule has 1 rings (SSSR count). The number of nitrogens with two attached hydrogens (primary N) is 1. The molecular weight excluding hydrogens is 294 g/mol. The van der Waals surface area contributed by atoms with E-state index in [1.54, 1.807) is 12.1 Å². The molecule has 1 aromatic rings. The monoisotopic (exact) mass is 303 g/mol. The van der Waals surface area contributed by atoms with Crippen molar-refractivity contribution >= 4 is 39.5 Å². The van der Waals surface area contributed by atoms with Crippen LogP contribution < -0.4 is 15.9 Å². The highest BCUT2D eigenvalue weighted by Crippen LogP contribution is 2.35. The van der Waals surface area contributed by atoms with Gasteiger partial charge in [-0.05, 0) is 40.3 Å². The van der Waals surface area contributed by atoms with Crippen molar-refractivity contribution in [3.05, 3.63) is 22.2 Å². The zero-order valence-corrected chi connectivity index (χ0v) is 10.8. The topological polar surface area (TPSA) is 79.9 Å². The number of aromatic hydroxyl groups is 1. The van der Waals surface area contributed by atoms with Crippen LogP contribution in [0.25, 0.3) is 0 Å². The average Bonchev–Trinajstić information content (AvgIpc) is 2.24. The third-order valence-corrected chi connectivity index (χ3v) is 2.63. The van der Waals surface area contributed by atoms with E-state index in [-0.39, 0.29) is 10.9 Å². The molecule has 86 valence electrons. The van der Waals surface area contributed by atoms with E-state index in [1.165, 1.54) is 13.3 Å². The number of hydrogen-bond acceptors (Lipinski definition) is 4. The maximum atomic E-state index is 9.68. The number of hydrazone groups is 1. The first-order valence-corrected chi connectivity index (χ1v) is 5.40. The molecule has 0 aliphatic carbocycles. The maximum Gasteiger partial charge on any atom is 0.184 e. The molecule has 5 nitrogen and oxygen atoms in total. The lowest BCUT2D eigenvalue weighted by Crippen LogP contribution is -2.24. The van der Waals surface area contributed by atoms with E-state index in [2.05, 4.69) is 38.7 Å². The van der Waals surface area contributed by atoms with Gasteiger partial charge in [0.15, 0.2) is 16.6 Å². The fourth-order valence-electron chi connectivity index (χ4n) is 0.992. The quantitative estimate of drug-likeness (QED) is 0.446. The summed E-state index contributed by atoms with van der Waals surface area (Å²) in [7, 11) is 1.48. The summed E-state index contributed by atoms with van der Waals surface area (Å²) in [6.07, 6.45) is 1.47. The van der Waals surface area contributed by atoms with E-state index < -0.39 is 0 Å². The van der Waals surface area contributed by atoms with Crippen LogP contribution in [0.5, 0.6) is 11.5 Å². The van der Waals surface area contributed by atoms with Crippen LogP contribution in [-0.2, 0) is 0 Å². The van der Waals surface area contributed by atoms with Crippen LogP contribution in [0.15, 0.2) is 21.7 Å². The predicted octanol–water partition coefficient (Wildman–Crippen LogP) is 1.33. The van der Waals surface area contributed by atoms with Crippen LogP contribution in [0, 0.1) is 0 Å². The number of rotatable bonds is 3. The Morgan fingerprint density at radius 1 is 1.69 bits per heavy atom. The molecular formula is C9H10BrN3O2S. The van der Waals surface area contributed by atoms with Gasteiger partial charge in [-0.25, -0.2) is 0 Å². The van der Waals surface area contributed by atoms with Gasteiger partial charge >= 0.3 is 0 Å². The van der Waals surface area contributed by atoms with Gasteiger partial charge in [0.1, 0.15) is 0 Å². The molecule has 0 bridgehead atoms. The number of thiocarbonyl (C=S) groups is 1. The molecule has 0 saturated heterocycles. The zero-order valence-electron chi connectivity index (χ0n) is 8.40. The van der Waals surface area contributed by atoms with Gasteiger partial charge in [-0.15, -0.1) is 0 Å². The molecule has 0 aliphatic heterocycles. The summed E-state index contributed by atoms with van der Waals surface area (Å²) < 4.78 is 5.43. The Morgan fingerprint density at radius 2 is 2.38 bits per heavy atom. The molecule has 0 heterocycles.